The minimum Gasteiger partial charge on any atom is -0.494 e. The molecular formula is C17H27NOS. The molecule has 3 heteroatoms. The van der Waals surface area contributed by atoms with Gasteiger partial charge in [-0.05, 0) is 42.7 Å². The van der Waals surface area contributed by atoms with Crippen molar-refractivity contribution in [2.75, 3.05) is 12.4 Å². The van der Waals surface area contributed by atoms with Gasteiger partial charge in [-0.15, -0.1) is 0 Å². The van der Waals surface area contributed by atoms with Gasteiger partial charge < -0.3 is 10.1 Å². The Morgan fingerprint density at radius 3 is 3.00 bits per heavy atom. The number of hydrogen-bond acceptors (Lipinski definition) is 3. The van der Waals surface area contributed by atoms with Crippen LogP contribution in [0.1, 0.15) is 45.1 Å². The van der Waals surface area contributed by atoms with Crippen LogP contribution in [0, 0.1) is 0 Å². The lowest BCUT2D eigenvalue weighted by molar-refractivity contribution is 0.317. The highest BCUT2D eigenvalue weighted by Gasteiger charge is 2.26. The van der Waals surface area contributed by atoms with E-state index in [1.165, 1.54) is 30.6 Å². The molecule has 1 N–H and O–H groups in total. The van der Waals surface area contributed by atoms with Crippen LogP contribution in [0.2, 0.25) is 0 Å². The molecule has 2 nitrogen and oxygen atoms in total. The van der Waals surface area contributed by atoms with Gasteiger partial charge in [0, 0.05) is 17.8 Å². The maximum atomic E-state index is 5.70. The molecule has 0 aliphatic heterocycles. The maximum Gasteiger partial charge on any atom is 0.119 e. The lowest BCUT2D eigenvalue weighted by atomic mass is 10.2. The van der Waals surface area contributed by atoms with Crippen LogP contribution in [-0.4, -0.2) is 23.7 Å². The van der Waals surface area contributed by atoms with E-state index in [1.54, 1.807) is 0 Å². The summed E-state index contributed by atoms with van der Waals surface area (Å²) in [6.45, 7) is 6.15. The van der Waals surface area contributed by atoms with Crippen LogP contribution in [-0.2, 0) is 6.54 Å². The van der Waals surface area contributed by atoms with E-state index in [4.69, 9.17) is 4.74 Å². The van der Waals surface area contributed by atoms with Gasteiger partial charge in [0.1, 0.15) is 5.75 Å². The van der Waals surface area contributed by atoms with Gasteiger partial charge in [0.2, 0.25) is 0 Å². The first-order valence-electron chi connectivity index (χ1n) is 7.90. The number of benzene rings is 1. The second kappa shape index (κ2) is 8.58. The van der Waals surface area contributed by atoms with Crippen molar-refractivity contribution in [3.8, 4) is 5.75 Å². The summed E-state index contributed by atoms with van der Waals surface area (Å²) < 4.78 is 5.70. The van der Waals surface area contributed by atoms with E-state index in [9.17, 15) is 0 Å². The van der Waals surface area contributed by atoms with Crippen molar-refractivity contribution in [3.63, 3.8) is 0 Å². The third kappa shape index (κ3) is 4.71. The summed E-state index contributed by atoms with van der Waals surface area (Å²) in [5.41, 5.74) is 1.32. The smallest absolute Gasteiger partial charge is 0.119 e. The summed E-state index contributed by atoms with van der Waals surface area (Å²) in [7, 11) is 0. The maximum absolute atomic E-state index is 5.70. The van der Waals surface area contributed by atoms with Crippen LogP contribution in [0.5, 0.6) is 5.75 Å². The Morgan fingerprint density at radius 1 is 1.30 bits per heavy atom. The van der Waals surface area contributed by atoms with E-state index in [0.29, 0.717) is 6.04 Å². The van der Waals surface area contributed by atoms with Crippen molar-refractivity contribution in [3.05, 3.63) is 29.8 Å². The van der Waals surface area contributed by atoms with Crippen LogP contribution in [0.25, 0.3) is 0 Å². The van der Waals surface area contributed by atoms with Crippen LogP contribution in [0.15, 0.2) is 24.3 Å². The van der Waals surface area contributed by atoms with E-state index in [1.807, 2.05) is 6.07 Å². The van der Waals surface area contributed by atoms with Crippen LogP contribution in [0.3, 0.4) is 0 Å². The van der Waals surface area contributed by atoms with Gasteiger partial charge in [-0.1, -0.05) is 32.4 Å². The quantitative estimate of drug-likeness (QED) is 0.774. The van der Waals surface area contributed by atoms with Gasteiger partial charge >= 0.3 is 0 Å². The molecule has 1 fully saturated rings. The molecule has 2 atom stereocenters. The predicted octanol–water partition coefficient (Wildman–Crippen LogP) is 4.24. The van der Waals surface area contributed by atoms with E-state index in [2.05, 4.69) is 49.1 Å². The first-order chi connectivity index (χ1) is 9.83. The normalized spacial score (nSPS) is 22.1. The summed E-state index contributed by atoms with van der Waals surface area (Å²) in [6, 6.07) is 9.17. The molecule has 1 saturated carbocycles. The fourth-order valence-corrected chi connectivity index (χ4v) is 4.01. The molecule has 0 spiro atoms. The topological polar surface area (TPSA) is 21.3 Å². The van der Waals surface area contributed by atoms with E-state index >= 15 is 0 Å². The average Bonchev–Trinajstić information content (AvgIpc) is 2.91. The molecule has 0 heterocycles. The minimum atomic E-state index is 0.681. The minimum absolute atomic E-state index is 0.681. The molecule has 0 amide bonds. The first kappa shape index (κ1) is 15.7. The van der Waals surface area contributed by atoms with Crippen molar-refractivity contribution in [1.82, 2.24) is 5.32 Å². The largest absolute Gasteiger partial charge is 0.494 e. The number of hydrogen-bond donors (Lipinski definition) is 1. The highest BCUT2D eigenvalue weighted by molar-refractivity contribution is 7.99. The molecule has 0 bridgehead atoms. The summed E-state index contributed by atoms with van der Waals surface area (Å²) in [6.07, 6.45) is 5.12. The molecule has 0 radical (unpaired) electrons. The highest BCUT2D eigenvalue weighted by atomic mass is 32.2. The standard InChI is InChI=1S/C17H27NOS/c1-3-11-19-15-8-5-7-14(12-15)13-18-16-9-6-10-17(16)20-4-2/h5,7-8,12,16-18H,3-4,6,9-11,13H2,1-2H3. The fraction of sp³-hybridized carbons (Fsp3) is 0.647. The van der Waals surface area contributed by atoms with Gasteiger partial charge in [0.25, 0.3) is 0 Å². The van der Waals surface area contributed by atoms with Gasteiger partial charge in [0.15, 0.2) is 0 Å². The Hall–Kier alpha value is -0.670. The SMILES string of the molecule is CCCOc1cccc(CNC2CCCC2SCC)c1. The number of rotatable bonds is 8. The molecule has 1 aliphatic carbocycles. The zero-order valence-electron chi connectivity index (χ0n) is 12.7. The van der Waals surface area contributed by atoms with Crippen molar-refractivity contribution in [1.29, 1.82) is 0 Å². The molecule has 112 valence electrons. The molecular weight excluding hydrogens is 266 g/mol. The first-order valence-corrected chi connectivity index (χ1v) is 8.95. The lowest BCUT2D eigenvalue weighted by Gasteiger charge is -2.20. The molecule has 2 unspecified atom stereocenters. The monoisotopic (exact) mass is 293 g/mol. The third-order valence-corrected chi connectivity index (χ3v) is 5.10. The Balaban J connectivity index is 1.83. The zero-order chi connectivity index (χ0) is 14.2. The number of thioether (sulfide) groups is 1. The van der Waals surface area contributed by atoms with Gasteiger partial charge in [-0.25, -0.2) is 0 Å². The Kier molecular flexibility index (Phi) is 6.74. The summed E-state index contributed by atoms with van der Waals surface area (Å²) in [5, 5.41) is 4.54. The average molecular weight is 293 g/mol. The second-order valence-electron chi connectivity index (χ2n) is 5.41. The van der Waals surface area contributed by atoms with Crippen LogP contribution < -0.4 is 10.1 Å². The van der Waals surface area contributed by atoms with E-state index < -0.39 is 0 Å². The van der Waals surface area contributed by atoms with E-state index in [-0.39, 0.29) is 0 Å². The fourth-order valence-electron chi connectivity index (χ4n) is 2.79. The second-order valence-corrected chi connectivity index (χ2v) is 6.92. The Bertz CT molecular complexity index is 396. The molecule has 1 aliphatic rings. The summed E-state index contributed by atoms with van der Waals surface area (Å²) in [4.78, 5) is 0. The molecule has 0 saturated heterocycles. The Morgan fingerprint density at radius 2 is 2.20 bits per heavy atom. The van der Waals surface area contributed by atoms with Gasteiger partial charge in [0.05, 0.1) is 6.61 Å². The number of nitrogens with one attached hydrogen (secondary N) is 1. The van der Waals surface area contributed by atoms with Crippen molar-refractivity contribution >= 4 is 11.8 Å². The molecule has 0 aromatic heterocycles. The van der Waals surface area contributed by atoms with Crippen molar-refractivity contribution < 1.29 is 4.74 Å². The van der Waals surface area contributed by atoms with Gasteiger partial charge in [-0.3, -0.25) is 0 Å². The zero-order valence-corrected chi connectivity index (χ0v) is 13.5. The summed E-state index contributed by atoms with van der Waals surface area (Å²) >= 11 is 2.11. The predicted molar refractivity (Wildman–Crippen MR) is 88.6 cm³/mol. The summed E-state index contributed by atoms with van der Waals surface area (Å²) in [5.74, 6) is 2.22. The van der Waals surface area contributed by atoms with Crippen molar-refractivity contribution in [2.45, 2.75) is 57.4 Å². The van der Waals surface area contributed by atoms with Crippen LogP contribution >= 0.6 is 11.8 Å². The van der Waals surface area contributed by atoms with Crippen LogP contribution in [0.4, 0.5) is 0 Å². The number of ether oxygens (including phenoxy) is 1. The van der Waals surface area contributed by atoms with E-state index in [0.717, 1.165) is 30.6 Å². The highest BCUT2D eigenvalue weighted by Crippen LogP contribution is 2.30. The molecule has 20 heavy (non-hydrogen) atoms. The Labute approximate surface area is 127 Å². The van der Waals surface area contributed by atoms with Gasteiger partial charge in [-0.2, -0.15) is 11.8 Å². The molecule has 1 aromatic carbocycles. The molecule has 2 rings (SSSR count). The molecule has 1 aromatic rings. The van der Waals surface area contributed by atoms with Crippen molar-refractivity contribution in [2.24, 2.45) is 0 Å². The third-order valence-electron chi connectivity index (χ3n) is 3.77. The lowest BCUT2D eigenvalue weighted by Crippen LogP contribution is -2.33.